The van der Waals surface area contributed by atoms with Crippen LogP contribution in [0.15, 0.2) is 24.3 Å². The smallest absolute Gasteiger partial charge is 0.411 e. The molecule has 3 atom stereocenters. The number of carbonyl (C=O) groups is 2. The molecule has 2 aliphatic rings. The molecule has 1 unspecified atom stereocenters. The van der Waals surface area contributed by atoms with Gasteiger partial charge in [-0.3, -0.25) is 9.69 Å². The van der Waals surface area contributed by atoms with Gasteiger partial charge in [0, 0.05) is 25.8 Å². The Morgan fingerprint density at radius 3 is 2.47 bits per heavy atom. The molecule has 2 amide bonds. The van der Waals surface area contributed by atoms with Gasteiger partial charge in [-0.1, -0.05) is 0 Å². The van der Waals surface area contributed by atoms with Gasteiger partial charge in [-0.15, -0.1) is 0 Å². The summed E-state index contributed by atoms with van der Waals surface area (Å²) in [4.78, 5) is 31.9. The molecule has 2 heterocycles. The van der Waals surface area contributed by atoms with E-state index in [9.17, 15) is 14.9 Å². The number of anilines is 1. The van der Waals surface area contributed by atoms with E-state index in [0.717, 1.165) is 17.9 Å². The van der Waals surface area contributed by atoms with Gasteiger partial charge in [0.25, 0.3) is 0 Å². The van der Waals surface area contributed by atoms with Crippen molar-refractivity contribution in [1.29, 1.82) is 5.26 Å². The molecular formula is C24H34N4O4. The van der Waals surface area contributed by atoms with E-state index in [4.69, 9.17) is 9.47 Å². The van der Waals surface area contributed by atoms with Crippen LogP contribution < -0.4 is 9.64 Å². The third kappa shape index (κ3) is 5.26. The quantitative estimate of drug-likeness (QED) is 0.695. The Balaban J connectivity index is 1.80. The van der Waals surface area contributed by atoms with E-state index in [-0.39, 0.29) is 11.9 Å². The predicted octanol–water partition coefficient (Wildman–Crippen LogP) is 3.41. The number of ether oxygens (including phenoxy) is 2. The van der Waals surface area contributed by atoms with Crippen LogP contribution in [0.4, 0.5) is 10.5 Å². The molecule has 8 heteroatoms. The van der Waals surface area contributed by atoms with Gasteiger partial charge in [0.1, 0.15) is 23.4 Å². The standard InChI is InChI=1S/C24H34N4O4/c1-24(2,3)32-23(30)28-19(16-26(4)17-8-11-20(31-5)12-9-17)10-13-21(28)22(29)27-14-6-7-18(27)15-25/h8-9,11-12,18-19,21H,6-7,10,13-14,16H2,1-5H3/t18-,19?,21-/m0/s1. The van der Waals surface area contributed by atoms with Crippen molar-refractivity contribution in [2.45, 2.75) is 70.2 Å². The average Bonchev–Trinajstić information content (AvgIpc) is 3.39. The molecule has 0 saturated carbocycles. The lowest BCUT2D eigenvalue weighted by atomic mass is 10.1. The van der Waals surface area contributed by atoms with Crippen LogP contribution in [0.25, 0.3) is 0 Å². The molecule has 1 aromatic carbocycles. The summed E-state index contributed by atoms with van der Waals surface area (Å²) in [5.41, 5.74) is 0.330. The van der Waals surface area contributed by atoms with E-state index in [1.165, 1.54) is 0 Å². The fourth-order valence-electron chi connectivity index (χ4n) is 4.51. The van der Waals surface area contributed by atoms with E-state index in [2.05, 4.69) is 11.0 Å². The van der Waals surface area contributed by atoms with Gasteiger partial charge in [-0.25, -0.2) is 4.79 Å². The first-order valence-electron chi connectivity index (χ1n) is 11.2. The molecule has 0 N–H and O–H groups in total. The Morgan fingerprint density at radius 2 is 1.88 bits per heavy atom. The van der Waals surface area contributed by atoms with E-state index < -0.39 is 23.8 Å². The van der Waals surface area contributed by atoms with Crippen molar-refractivity contribution in [3.63, 3.8) is 0 Å². The fourth-order valence-corrected chi connectivity index (χ4v) is 4.51. The molecule has 32 heavy (non-hydrogen) atoms. The molecular weight excluding hydrogens is 408 g/mol. The maximum absolute atomic E-state index is 13.4. The molecule has 0 bridgehead atoms. The van der Waals surface area contributed by atoms with Crippen molar-refractivity contribution in [2.24, 2.45) is 0 Å². The lowest BCUT2D eigenvalue weighted by molar-refractivity contribution is -0.136. The third-order valence-corrected chi connectivity index (χ3v) is 6.07. The first kappa shape index (κ1) is 23.7. The minimum absolute atomic E-state index is 0.144. The number of methoxy groups -OCH3 is 1. The lowest BCUT2D eigenvalue weighted by Crippen LogP contribution is -2.54. The molecule has 0 spiro atoms. The largest absolute Gasteiger partial charge is 0.497 e. The van der Waals surface area contributed by atoms with Crippen molar-refractivity contribution in [2.75, 3.05) is 32.1 Å². The fraction of sp³-hybridized carbons (Fsp3) is 0.625. The zero-order valence-electron chi connectivity index (χ0n) is 19.7. The van der Waals surface area contributed by atoms with Gasteiger partial charge in [0.2, 0.25) is 5.91 Å². The number of nitrogens with zero attached hydrogens (tertiary/aromatic N) is 4. The number of hydrogen-bond acceptors (Lipinski definition) is 6. The summed E-state index contributed by atoms with van der Waals surface area (Å²) < 4.78 is 10.9. The Bertz CT molecular complexity index is 858. The van der Waals surface area contributed by atoms with Crippen molar-refractivity contribution in [3.8, 4) is 11.8 Å². The summed E-state index contributed by atoms with van der Waals surface area (Å²) in [6.45, 7) is 6.59. The highest BCUT2D eigenvalue weighted by Crippen LogP contribution is 2.31. The van der Waals surface area contributed by atoms with Crippen LogP contribution in [-0.4, -0.2) is 72.8 Å². The molecule has 2 fully saturated rings. The summed E-state index contributed by atoms with van der Waals surface area (Å²) >= 11 is 0. The highest BCUT2D eigenvalue weighted by Gasteiger charge is 2.46. The maximum atomic E-state index is 13.4. The van der Waals surface area contributed by atoms with Crippen LogP contribution >= 0.6 is 0 Å². The van der Waals surface area contributed by atoms with Gasteiger partial charge in [-0.05, 0) is 70.7 Å². The number of likely N-dealkylation sites (tertiary alicyclic amines) is 2. The Kier molecular flexibility index (Phi) is 7.17. The van der Waals surface area contributed by atoms with Crippen LogP contribution in [0.3, 0.4) is 0 Å². The summed E-state index contributed by atoms with van der Waals surface area (Å²) in [5.74, 6) is 0.635. The monoisotopic (exact) mass is 442 g/mol. The molecule has 0 aliphatic carbocycles. The number of carbonyl (C=O) groups excluding carboxylic acids is 2. The van der Waals surface area contributed by atoms with E-state index in [0.29, 0.717) is 32.4 Å². The molecule has 0 radical (unpaired) electrons. The van der Waals surface area contributed by atoms with Crippen molar-refractivity contribution in [3.05, 3.63) is 24.3 Å². The summed E-state index contributed by atoms with van der Waals surface area (Å²) in [6, 6.07) is 8.77. The van der Waals surface area contributed by atoms with Gasteiger partial charge in [0.05, 0.1) is 19.2 Å². The minimum atomic E-state index is -0.664. The van der Waals surface area contributed by atoms with Gasteiger partial charge in [0.15, 0.2) is 0 Å². The van der Waals surface area contributed by atoms with Crippen molar-refractivity contribution < 1.29 is 19.1 Å². The normalized spacial score (nSPS) is 23.1. The Hall–Kier alpha value is -2.95. The highest BCUT2D eigenvalue weighted by atomic mass is 16.6. The van der Waals surface area contributed by atoms with E-state index in [1.807, 2.05) is 52.1 Å². The predicted molar refractivity (Wildman–Crippen MR) is 121 cm³/mol. The second kappa shape index (κ2) is 9.68. The molecule has 0 aromatic heterocycles. The van der Waals surface area contributed by atoms with Crippen LogP contribution in [-0.2, 0) is 9.53 Å². The second-order valence-corrected chi connectivity index (χ2v) is 9.53. The topological polar surface area (TPSA) is 86.1 Å². The minimum Gasteiger partial charge on any atom is -0.497 e. The highest BCUT2D eigenvalue weighted by molar-refractivity contribution is 5.87. The van der Waals surface area contributed by atoms with Crippen LogP contribution in [0.1, 0.15) is 46.5 Å². The van der Waals surface area contributed by atoms with Gasteiger partial charge < -0.3 is 19.3 Å². The molecule has 2 aliphatic heterocycles. The number of hydrogen-bond donors (Lipinski definition) is 0. The van der Waals surface area contributed by atoms with Crippen LogP contribution in [0, 0.1) is 11.3 Å². The number of amides is 2. The first-order valence-corrected chi connectivity index (χ1v) is 11.2. The third-order valence-electron chi connectivity index (χ3n) is 6.07. The number of nitriles is 1. The molecule has 8 nitrogen and oxygen atoms in total. The van der Waals surface area contributed by atoms with Gasteiger partial charge >= 0.3 is 6.09 Å². The van der Waals surface area contributed by atoms with E-state index in [1.54, 1.807) is 16.9 Å². The zero-order valence-corrected chi connectivity index (χ0v) is 19.7. The summed E-state index contributed by atoms with van der Waals surface area (Å²) in [5, 5.41) is 9.43. The average molecular weight is 443 g/mol. The molecule has 2 saturated heterocycles. The summed E-state index contributed by atoms with van der Waals surface area (Å²) in [6.07, 6.45) is 2.28. The maximum Gasteiger partial charge on any atom is 0.411 e. The van der Waals surface area contributed by atoms with Crippen LogP contribution in [0.5, 0.6) is 5.75 Å². The van der Waals surface area contributed by atoms with Crippen LogP contribution in [0.2, 0.25) is 0 Å². The van der Waals surface area contributed by atoms with Gasteiger partial charge in [-0.2, -0.15) is 5.26 Å². The Morgan fingerprint density at radius 1 is 1.19 bits per heavy atom. The SMILES string of the molecule is COc1ccc(N(C)CC2CC[C@@H](C(=O)N3CCC[C@H]3C#N)N2C(=O)OC(C)(C)C)cc1. The number of benzene rings is 1. The first-order chi connectivity index (χ1) is 15.1. The zero-order chi connectivity index (χ0) is 23.5. The molecule has 174 valence electrons. The molecule has 1 aromatic rings. The van der Waals surface area contributed by atoms with Crippen molar-refractivity contribution in [1.82, 2.24) is 9.80 Å². The Labute approximate surface area is 190 Å². The second-order valence-electron chi connectivity index (χ2n) is 9.53. The lowest BCUT2D eigenvalue weighted by Gasteiger charge is -2.35. The van der Waals surface area contributed by atoms with Crippen molar-refractivity contribution >= 4 is 17.7 Å². The number of likely N-dealkylation sites (N-methyl/N-ethyl adjacent to an activating group) is 1. The molecule has 3 rings (SSSR count). The van der Waals surface area contributed by atoms with E-state index >= 15 is 0 Å². The number of rotatable bonds is 5. The summed E-state index contributed by atoms with van der Waals surface area (Å²) in [7, 11) is 3.60.